The molecule has 0 saturated carbocycles. The summed E-state index contributed by atoms with van der Waals surface area (Å²) in [7, 11) is 0. The first-order chi connectivity index (χ1) is 7.73. The Bertz CT molecular complexity index is 514. The van der Waals surface area contributed by atoms with Crippen LogP contribution in [0.5, 0.6) is 0 Å². The van der Waals surface area contributed by atoms with Crippen molar-refractivity contribution in [2.45, 2.75) is 30.0 Å². The lowest BCUT2D eigenvalue weighted by Gasteiger charge is -2.30. The van der Waals surface area contributed by atoms with Crippen LogP contribution in [0.1, 0.15) is 29.2 Å². The average molecular weight is 248 g/mol. The van der Waals surface area contributed by atoms with Crippen molar-refractivity contribution in [1.82, 2.24) is 0 Å². The third-order valence-corrected chi connectivity index (χ3v) is 3.61. The molecular weight excluding hydrogens is 240 g/mol. The highest BCUT2D eigenvalue weighted by Crippen LogP contribution is 2.66. The molecule has 2 aliphatic rings. The Morgan fingerprint density at radius 2 is 1.82 bits per heavy atom. The van der Waals surface area contributed by atoms with Gasteiger partial charge in [-0.05, 0) is 5.56 Å². The van der Waals surface area contributed by atoms with Gasteiger partial charge in [-0.25, -0.2) is 0 Å². The van der Waals surface area contributed by atoms with E-state index in [9.17, 15) is 27.8 Å². The minimum atomic E-state index is -4.60. The van der Waals surface area contributed by atoms with Crippen LogP contribution >= 0.6 is 0 Å². The summed E-state index contributed by atoms with van der Waals surface area (Å²) in [6.45, 7) is 0. The molecule has 2 N–H and O–H groups in total. The zero-order chi connectivity index (χ0) is 12.6. The van der Waals surface area contributed by atoms with Crippen molar-refractivity contribution >= 4 is 0 Å². The summed E-state index contributed by atoms with van der Waals surface area (Å²) < 4.78 is 54.4. The van der Waals surface area contributed by atoms with E-state index < -0.39 is 41.1 Å². The van der Waals surface area contributed by atoms with Crippen LogP contribution in [-0.2, 0) is 11.5 Å². The van der Waals surface area contributed by atoms with Crippen LogP contribution < -0.4 is 0 Å². The lowest BCUT2D eigenvalue weighted by atomic mass is 9.94. The number of aliphatic hydroxyl groups is 2. The van der Waals surface area contributed by atoms with Gasteiger partial charge in [0.05, 0.1) is 6.10 Å². The fourth-order valence-corrected chi connectivity index (χ4v) is 2.78. The molecule has 17 heavy (non-hydrogen) atoms. The highest BCUT2D eigenvalue weighted by Gasteiger charge is 2.78. The summed E-state index contributed by atoms with van der Waals surface area (Å²) in [6.07, 6.45) is -2.14. The molecular formula is C11H8F4O2. The molecule has 6 heteroatoms. The molecule has 0 heterocycles. The maximum atomic E-state index is 13.7. The predicted octanol–water partition coefficient (Wildman–Crippen LogP) is 2.05. The lowest BCUT2D eigenvalue weighted by Crippen LogP contribution is -2.48. The Morgan fingerprint density at radius 3 is 2.47 bits per heavy atom. The first-order valence-electron chi connectivity index (χ1n) is 5.03. The van der Waals surface area contributed by atoms with Crippen LogP contribution in [-0.4, -0.2) is 16.1 Å². The van der Waals surface area contributed by atoms with Crippen molar-refractivity contribution in [3.8, 4) is 0 Å². The second-order valence-electron chi connectivity index (χ2n) is 4.50. The Kier molecular flexibility index (Phi) is 1.71. The fourth-order valence-electron chi connectivity index (χ4n) is 2.78. The van der Waals surface area contributed by atoms with E-state index in [1.165, 1.54) is 12.1 Å². The first kappa shape index (κ1) is 11.0. The second kappa shape index (κ2) is 2.64. The molecule has 92 valence electrons. The van der Waals surface area contributed by atoms with Crippen molar-refractivity contribution in [2.75, 3.05) is 0 Å². The highest BCUT2D eigenvalue weighted by molar-refractivity contribution is 5.54. The first-order valence-corrected chi connectivity index (χ1v) is 5.03. The molecule has 2 aliphatic carbocycles. The Labute approximate surface area is 93.5 Å². The number of halogens is 4. The van der Waals surface area contributed by atoms with Crippen molar-refractivity contribution < 1.29 is 27.8 Å². The Balaban J connectivity index is 2.41. The average Bonchev–Trinajstić information content (AvgIpc) is 2.57. The summed E-state index contributed by atoms with van der Waals surface area (Å²) in [5, 5.41) is 19.4. The summed E-state index contributed by atoms with van der Waals surface area (Å²) in [5.74, 6) is -9.01. The van der Waals surface area contributed by atoms with Gasteiger partial charge in [-0.2, -0.15) is 17.6 Å². The minimum absolute atomic E-state index is 0.0400. The van der Waals surface area contributed by atoms with Crippen molar-refractivity contribution in [2.24, 2.45) is 0 Å². The predicted molar refractivity (Wildman–Crippen MR) is 48.8 cm³/mol. The number of hydrogen-bond acceptors (Lipinski definition) is 2. The van der Waals surface area contributed by atoms with E-state index in [0.29, 0.717) is 0 Å². The molecule has 3 rings (SSSR count). The third-order valence-electron chi connectivity index (χ3n) is 3.61. The molecule has 2 unspecified atom stereocenters. The number of aliphatic hydroxyl groups excluding tert-OH is 1. The van der Waals surface area contributed by atoms with E-state index in [-0.39, 0.29) is 5.56 Å². The van der Waals surface area contributed by atoms with Crippen molar-refractivity contribution in [3.63, 3.8) is 0 Å². The monoisotopic (exact) mass is 248 g/mol. The number of hydrogen-bond donors (Lipinski definition) is 2. The Morgan fingerprint density at radius 1 is 1.18 bits per heavy atom. The van der Waals surface area contributed by atoms with Crippen LogP contribution in [0.15, 0.2) is 18.2 Å². The van der Waals surface area contributed by atoms with E-state index in [1.54, 1.807) is 0 Å². The molecule has 0 amide bonds. The van der Waals surface area contributed by atoms with E-state index in [4.69, 9.17) is 0 Å². The number of alkyl halides is 4. The molecule has 1 aromatic carbocycles. The van der Waals surface area contributed by atoms with Gasteiger partial charge in [0.2, 0.25) is 0 Å². The van der Waals surface area contributed by atoms with Crippen LogP contribution in [0.4, 0.5) is 17.6 Å². The van der Waals surface area contributed by atoms with Gasteiger partial charge in [-0.1, -0.05) is 18.2 Å². The number of rotatable bonds is 0. The second-order valence-corrected chi connectivity index (χ2v) is 4.50. The fraction of sp³-hybridized carbons (Fsp3) is 0.455. The molecule has 0 aromatic heterocycles. The molecule has 0 fully saturated rings. The summed E-state index contributed by atoms with van der Waals surface area (Å²) in [4.78, 5) is 0. The van der Waals surface area contributed by atoms with Crippen LogP contribution in [0.3, 0.4) is 0 Å². The smallest absolute Gasteiger partial charge is 0.346 e. The molecule has 2 nitrogen and oxygen atoms in total. The van der Waals surface area contributed by atoms with Gasteiger partial charge in [-0.3, -0.25) is 0 Å². The van der Waals surface area contributed by atoms with E-state index in [2.05, 4.69) is 0 Å². The standard InChI is InChI=1S/C11H8F4O2/c12-10(13)6-3-1-2-5-7(16)4-9(17,8(5)6)11(10,14)15/h1-3,7,16-17H,4H2. The summed E-state index contributed by atoms with van der Waals surface area (Å²) in [5.41, 5.74) is -4.41. The van der Waals surface area contributed by atoms with E-state index >= 15 is 0 Å². The maximum absolute atomic E-state index is 13.7. The van der Waals surface area contributed by atoms with Crippen molar-refractivity contribution in [3.05, 3.63) is 34.9 Å². The normalized spacial score (nSPS) is 36.0. The van der Waals surface area contributed by atoms with Crippen LogP contribution in [0.2, 0.25) is 0 Å². The van der Waals surface area contributed by atoms with Gasteiger partial charge >= 0.3 is 11.8 Å². The van der Waals surface area contributed by atoms with Gasteiger partial charge in [-0.15, -0.1) is 0 Å². The molecule has 1 aromatic rings. The van der Waals surface area contributed by atoms with Gasteiger partial charge in [0.25, 0.3) is 0 Å². The van der Waals surface area contributed by atoms with Gasteiger partial charge < -0.3 is 10.2 Å². The lowest BCUT2D eigenvalue weighted by molar-refractivity contribution is -0.289. The Hall–Kier alpha value is -1.14. The zero-order valence-corrected chi connectivity index (χ0v) is 8.42. The molecule has 0 saturated heterocycles. The molecule has 0 spiro atoms. The quantitative estimate of drug-likeness (QED) is 0.690. The minimum Gasteiger partial charge on any atom is -0.388 e. The van der Waals surface area contributed by atoms with Crippen LogP contribution in [0, 0.1) is 0 Å². The third kappa shape index (κ3) is 0.914. The highest BCUT2D eigenvalue weighted by atomic mass is 19.3. The molecule has 2 atom stereocenters. The van der Waals surface area contributed by atoms with Gasteiger partial charge in [0.15, 0.2) is 5.60 Å². The SMILES string of the molecule is OC1CC2(O)c3c1cccc3C(F)(F)C2(F)F. The van der Waals surface area contributed by atoms with Crippen molar-refractivity contribution in [1.29, 1.82) is 0 Å². The van der Waals surface area contributed by atoms with Gasteiger partial charge in [0.1, 0.15) is 0 Å². The topological polar surface area (TPSA) is 40.5 Å². The van der Waals surface area contributed by atoms with E-state index in [0.717, 1.165) is 6.07 Å². The maximum Gasteiger partial charge on any atom is 0.346 e. The molecule has 0 radical (unpaired) electrons. The summed E-state index contributed by atoms with van der Waals surface area (Å²) in [6, 6.07) is 3.32. The molecule has 0 aliphatic heterocycles. The van der Waals surface area contributed by atoms with E-state index in [1.807, 2.05) is 0 Å². The van der Waals surface area contributed by atoms with Crippen LogP contribution in [0.25, 0.3) is 0 Å². The number of benzene rings is 1. The van der Waals surface area contributed by atoms with Gasteiger partial charge in [0, 0.05) is 17.5 Å². The zero-order valence-electron chi connectivity index (χ0n) is 8.42. The molecule has 0 bridgehead atoms. The summed E-state index contributed by atoms with van der Waals surface area (Å²) >= 11 is 0. The largest absolute Gasteiger partial charge is 0.388 e.